The second kappa shape index (κ2) is 8.30. The first-order valence-corrected chi connectivity index (χ1v) is 11.0. The Morgan fingerprint density at radius 3 is 1.56 bits per heavy atom. The summed E-state index contributed by atoms with van der Waals surface area (Å²) >= 11 is 1.10. The van der Waals surface area contributed by atoms with Crippen LogP contribution in [0.25, 0.3) is 11.1 Å². The Kier molecular flexibility index (Phi) is 5.62. The molecule has 0 saturated carbocycles. The number of benzene rings is 2. The third-order valence-corrected chi connectivity index (χ3v) is 6.77. The summed E-state index contributed by atoms with van der Waals surface area (Å²) in [5.41, 5.74) is 8.52. The van der Waals surface area contributed by atoms with Crippen molar-refractivity contribution in [3.05, 3.63) is 104 Å². The average Bonchev–Trinajstić information content (AvgIpc) is 3.38. The van der Waals surface area contributed by atoms with E-state index in [4.69, 9.17) is 0 Å². The van der Waals surface area contributed by atoms with E-state index in [9.17, 15) is 0 Å². The third-order valence-electron chi connectivity index (χ3n) is 5.29. The molecule has 2 aromatic carbocycles. The fourth-order valence-corrected chi connectivity index (χ4v) is 5.25. The molecule has 0 bridgehead atoms. The van der Waals surface area contributed by atoms with Crippen molar-refractivity contribution in [3.8, 4) is 0 Å². The maximum absolute atomic E-state index is 2.42. The molecular weight excluding hydrogens is 368 g/mol. The normalized spacial score (nSPS) is 16.2. The number of aryl methyl sites for hydroxylation is 2. The Morgan fingerprint density at radius 1 is 0.667 bits per heavy atom. The Bertz CT molecular complexity index is 890. The average molecular weight is 394 g/mol. The SMILES string of the molecule is CCc1ccccc1C1=CC[C]([Fe][C]2=CC(c3ccccc3CC)=CC2)=C1. The summed E-state index contributed by atoms with van der Waals surface area (Å²) < 4.78 is 3.08. The van der Waals surface area contributed by atoms with E-state index in [1.54, 1.807) is 8.94 Å². The molecule has 4 rings (SSSR count). The molecule has 27 heavy (non-hydrogen) atoms. The minimum atomic E-state index is 1.09. The number of hydrogen-bond donors (Lipinski definition) is 0. The van der Waals surface area contributed by atoms with E-state index in [1.165, 1.54) is 33.4 Å². The predicted molar refractivity (Wildman–Crippen MR) is 113 cm³/mol. The van der Waals surface area contributed by atoms with Crippen molar-refractivity contribution >= 4 is 11.1 Å². The summed E-state index contributed by atoms with van der Waals surface area (Å²) in [6, 6.07) is 17.6. The van der Waals surface area contributed by atoms with Gasteiger partial charge in [0, 0.05) is 0 Å². The van der Waals surface area contributed by atoms with Gasteiger partial charge >= 0.3 is 170 Å². The van der Waals surface area contributed by atoms with Gasteiger partial charge < -0.3 is 0 Å². The molecule has 0 N–H and O–H groups in total. The molecule has 0 nitrogen and oxygen atoms in total. The Balaban J connectivity index is 1.49. The van der Waals surface area contributed by atoms with Crippen molar-refractivity contribution in [1.82, 2.24) is 0 Å². The molecule has 0 saturated heterocycles. The molecule has 0 radical (unpaired) electrons. The molecule has 138 valence electrons. The topological polar surface area (TPSA) is 0 Å². The molecule has 1 heteroatoms. The van der Waals surface area contributed by atoms with E-state index in [2.05, 4.69) is 86.7 Å². The van der Waals surface area contributed by atoms with E-state index >= 15 is 0 Å². The Morgan fingerprint density at radius 2 is 1.11 bits per heavy atom. The van der Waals surface area contributed by atoms with Crippen molar-refractivity contribution in [2.24, 2.45) is 0 Å². The van der Waals surface area contributed by atoms with Gasteiger partial charge in [-0.2, -0.15) is 0 Å². The fraction of sp³-hybridized carbons (Fsp3) is 0.231. The van der Waals surface area contributed by atoms with Gasteiger partial charge in [0.15, 0.2) is 0 Å². The minimum absolute atomic E-state index is 1.09. The molecule has 2 aliphatic carbocycles. The molecule has 0 amide bonds. The Labute approximate surface area is 169 Å². The molecule has 0 spiro atoms. The van der Waals surface area contributed by atoms with E-state index in [1.807, 2.05) is 0 Å². The van der Waals surface area contributed by atoms with Gasteiger partial charge in [-0.3, -0.25) is 0 Å². The number of hydrogen-bond acceptors (Lipinski definition) is 0. The van der Waals surface area contributed by atoms with Crippen molar-refractivity contribution in [2.75, 3.05) is 0 Å². The van der Waals surface area contributed by atoms with Crippen LogP contribution in [0.5, 0.6) is 0 Å². The molecule has 0 aromatic heterocycles. The van der Waals surface area contributed by atoms with E-state index in [-0.39, 0.29) is 0 Å². The zero-order chi connectivity index (χ0) is 18.6. The zero-order valence-electron chi connectivity index (χ0n) is 16.1. The van der Waals surface area contributed by atoms with Gasteiger partial charge in [0.05, 0.1) is 0 Å². The molecule has 0 fully saturated rings. The first-order valence-electron chi connectivity index (χ1n) is 9.89. The maximum atomic E-state index is 2.42. The first kappa shape index (κ1) is 18.3. The molecule has 0 aliphatic heterocycles. The molecule has 0 unspecified atom stereocenters. The van der Waals surface area contributed by atoms with E-state index in [0.717, 1.165) is 40.6 Å². The van der Waals surface area contributed by atoms with Crippen molar-refractivity contribution < 1.29 is 15.0 Å². The first-order chi connectivity index (χ1) is 13.3. The molecule has 2 aliphatic rings. The molecule has 0 atom stereocenters. The zero-order valence-corrected chi connectivity index (χ0v) is 17.2. The number of allylic oxidation sites excluding steroid dienone is 8. The molecule has 2 aromatic rings. The predicted octanol–water partition coefficient (Wildman–Crippen LogP) is 6.94. The Hall–Kier alpha value is -2.08. The quantitative estimate of drug-likeness (QED) is 0.466. The summed E-state index contributed by atoms with van der Waals surface area (Å²) in [4.78, 5) is 0. The summed E-state index contributed by atoms with van der Waals surface area (Å²) in [6.07, 6.45) is 14.0. The number of rotatable bonds is 6. The van der Waals surface area contributed by atoms with Gasteiger partial charge in [0.2, 0.25) is 0 Å². The summed E-state index contributed by atoms with van der Waals surface area (Å²) in [5.74, 6) is 0. The van der Waals surface area contributed by atoms with Crippen LogP contribution in [0.15, 0.2) is 81.8 Å². The molecule has 0 heterocycles. The van der Waals surface area contributed by atoms with Gasteiger partial charge in [0.1, 0.15) is 0 Å². The van der Waals surface area contributed by atoms with Gasteiger partial charge in [0.25, 0.3) is 0 Å². The monoisotopic (exact) mass is 394 g/mol. The van der Waals surface area contributed by atoms with Crippen LogP contribution in [-0.2, 0) is 27.8 Å². The van der Waals surface area contributed by atoms with Gasteiger partial charge in [-0.25, -0.2) is 0 Å². The van der Waals surface area contributed by atoms with Crippen LogP contribution >= 0.6 is 0 Å². The standard InChI is InChI=1S/2C13H13.Fe/c2*1-2-11-7-5-6-10-13(11)12-8-3-4-9-12;/h2*5-10H,2-3H2,1H3;. The van der Waals surface area contributed by atoms with E-state index in [0.29, 0.717) is 0 Å². The van der Waals surface area contributed by atoms with Crippen LogP contribution < -0.4 is 0 Å². The van der Waals surface area contributed by atoms with Crippen LogP contribution in [0, 0.1) is 0 Å². The van der Waals surface area contributed by atoms with Crippen molar-refractivity contribution in [2.45, 2.75) is 39.5 Å². The summed E-state index contributed by atoms with van der Waals surface area (Å²) in [6.45, 7) is 4.48. The second-order valence-corrected chi connectivity index (χ2v) is 8.68. The van der Waals surface area contributed by atoms with Crippen LogP contribution in [0.2, 0.25) is 0 Å². The summed E-state index contributed by atoms with van der Waals surface area (Å²) in [7, 11) is 0. The van der Waals surface area contributed by atoms with Gasteiger partial charge in [-0.1, -0.05) is 0 Å². The van der Waals surface area contributed by atoms with Crippen LogP contribution in [0.1, 0.15) is 48.9 Å². The van der Waals surface area contributed by atoms with Gasteiger partial charge in [-0.05, 0) is 0 Å². The van der Waals surface area contributed by atoms with Crippen LogP contribution in [0.4, 0.5) is 0 Å². The third kappa shape index (κ3) is 3.95. The second-order valence-electron chi connectivity index (χ2n) is 6.99. The van der Waals surface area contributed by atoms with E-state index < -0.39 is 0 Å². The fourth-order valence-electron chi connectivity index (χ4n) is 3.84. The van der Waals surface area contributed by atoms with Crippen LogP contribution in [-0.4, -0.2) is 0 Å². The summed E-state index contributed by atoms with van der Waals surface area (Å²) in [5, 5.41) is 0. The van der Waals surface area contributed by atoms with Crippen molar-refractivity contribution in [3.63, 3.8) is 0 Å². The van der Waals surface area contributed by atoms with Crippen molar-refractivity contribution in [1.29, 1.82) is 0 Å². The molecular formula is C26H26Fe. The van der Waals surface area contributed by atoms with Crippen LogP contribution in [0.3, 0.4) is 0 Å². The van der Waals surface area contributed by atoms with Gasteiger partial charge in [-0.15, -0.1) is 0 Å².